The molecule has 2 aliphatic rings. The highest BCUT2D eigenvalue weighted by atomic mass is 16.5. The standard InChI is InChI=1S/C20H29N3O3/c1-21-11-13-22(14-12-21)20(25)17-5-8-19(24)23(15-17)10-9-16-3-6-18(26-2)7-4-16/h3-4,6-7,17H,5,8-15H2,1-2H3/t17-/m0/s1. The minimum Gasteiger partial charge on any atom is -0.497 e. The zero-order valence-corrected chi connectivity index (χ0v) is 15.8. The number of amides is 2. The van der Waals surface area contributed by atoms with E-state index in [0.29, 0.717) is 25.9 Å². The Kier molecular flexibility index (Phi) is 6.14. The summed E-state index contributed by atoms with van der Waals surface area (Å²) < 4.78 is 5.18. The number of likely N-dealkylation sites (tertiary alicyclic amines) is 1. The van der Waals surface area contributed by atoms with Crippen LogP contribution in [0.25, 0.3) is 0 Å². The van der Waals surface area contributed by atoms with E-state index in [9.17, 15) is 9.59 Å². The fraction of sp³-hybridized carbons (Fsp3) is 0.600. The van der Waals surface area contributed by atoms with Crippen molar-refractivity contribution >= 4 is 11.8 Å². The van der Waals surface area contributed by atoms with Gasteiger partial charge in [0.25, 0.3) is 0 Å². The zero-order valence-electron chi connectivity index (χ0n) is 15.8. The smallest absolute Gasteiger partial charge is 0.227 e. The van der Waals surface area contributed by atoms with E-state index in [1.807, 2.05) is 34.1 Å². The maximum atomic E-state index is 12.8. The number of likely N-dealkylation sites (N-methyl/N-ethyl adjacent to an activating group) is 1. The van der Waals surface area contributed by atoms with Crippen molar-refractivity contribution in [1.82, 2.24) is 14.7 Å². The van der Waals surface area contributed by atoms with Crippen LogP contribution in [0.3, 0.4) is 0 Å². The Morgan fingerprint density at radius 2 is 1.85 bits per heavy atom. The molecule has 6 heteroatoms. The summed E-state index contributed by atoms with van der Waals surface area (Å²) in [6.45, 7) is 4.67. The summed E-state index contributed by atoms with van der Waals surface area (Å²) in [5, 5.41) is 0. The van der Waals surface area contributed by atoms with Gasteiger partial charge in [-0.2, -0.15) is 0 Å². The van der Waals surface area contributed by atoms with E-state index in [2.05, 4.69) is 11.9 Å². The predicted molar refractivity (Wildman–Crippen MR) is 100 cm³/mol. The fourth-order valence-electron chi connectivity index (χ4n) is 3.67. The summed E-state index contributed by atoms with van der Waals surface area (Å²) in [7, 11) is 3.74. The van der Waals surface area contributed by atoms with Gasteiger partial charge in [-0.05, 0) is 37.6 Å². The van der Waals surface area contributed by atoms with Crippen molar-refractivity contribution in [3.8, 4) is 5.75 Å². The van der Waals surface area contributed by atoms with Gasteiger partial charge in [0.2, 0.25) is 11.8 Å². The monoisotopic (exact) mass is 359 g/mol. The Bertz CT molecular complexity index is 624. The SMILES string of the molecule is COc1ccc(CCN2C[C@@H](C(=O)N3CCN(C)CC3)CCC2=O)cc1. The molecule has 26 heavy (non-hydrogen) atoms. The van der Waals surface area contributed by atoms with E-state index in [1.54, 1.807) is 7.11 Å². The summed E-state index contributed by atoms with van der Waals surface area (Å²) in [4.78, 5) is 31.2. The molecule has 6 nitrogen and oxygen atoms in total. The van der Waals surface area contributed by atoms with Crippen molar-refractivity contribution in [1.29, 1.82) is 0 Å². The number of carbonyl (C=O) groups is 2. The lowest BCUT2D eigenvalue weighted by Crippen LogP contribution is -2.52. The number of ether oxygens (including phenoxy) is 1. The molecule has 1 aromatic carbocycles. The highest BCUT2D eigenvalue weighted by Gasteiger charge is 2.33. The Labute approximate surface area is 155 Å². The number of piperazine rings is 1. The molecular formula is C20H29N3O3. The number of benzene rings is 1. The third-order valence-electron chi connectivity index (χ3n) is 5.49. The van der Waals surface area contributed by atoms with Crippen LogP contribution in [-0.2, 0) is 16.0 Å². The first-order chi connectivity index (χ1) is 12.6. The molecule has 2 aliphatic heterocycles. The lowest BCUT2D eigenvalue weighted by molar-refractivity contribution is -0.144. The van der Waals surface area contributed by atoms with Gasteiger partial charge in [0.05, 0.1) is 13.0 Å². The lowest BCUT2D eigenvalue weighted by atomic mass is 9.95. The second-order valence-electron chi connectivity index (χ2n) is 7.30. The molecule has 0 unspecified atom stereocenters. The maximum Gasteiger partial charge on any atom is 0.227 e. The average Bonchev–Trinajstić information content (AvgIpc) is 2.68. The molecule has 2 heterocycles. The molecule has 0 N–H and O–H groups in total. The van der Waals surface area contributed by atoms with Crippen LogP contribution < -0.4 is 4.74 Å². The van der Waals surface area contributed by atoms with Gasteiger partial charge in [-0.3, -0.25) is 9.59 Å². The van der Waals surface area contributed by atoms with Gasteiger partial charge in [-0.1, -0.05) is 12.1 Å². The summed E-state index contributed by atoms with van der Waals surface area (Å²) in [5.74, 6) is 1.17. The van der Waals surface area contributed by atoms with Gasteiger partial charge in [0.15, 0.2) is 0 Å². The lowest BCUT2D eigenvalue weighted by Gasteiger charge is -2.38. The first-order valence-corrected chi connectivity index (χ1v) is 9.45. The molecule has 0 aliphatic carbocycles. The van der Waals surface area contributed by atoms with E-state index >= 15 is 0 Å². The molecule has 0 saturated carbocycles. The Balaban J connectivity index is 1.53. The Morgan fingerprint density at radius 3 is 2.50 bits per heavy atom. The quantitative estimate of drug-likeness (QED) is 0.794. The van der Waals surface area contributed by atoms with Crippen molar-refractivity contribution in [2.75, 3.05) is 53.4 Å². The molecule has 3 rings (SSSR count). The van der Waals surface area contributed by atoms with Crippen LogP contribution in [0.5, 0.6) is 5.75 Å². The molecule has 0 radical (unpaired) electrons. The zero-order chi connectivity index (χ0) is 18.5. The van der Waals surface area contributed by atoms with Gasteiger partial charge in [-0.25, -0.2) is 0 Å². The van der Waals surface area contributed by atoms with Crippen LogP contribution in [0.2, 0.25) is 0 Å². The van der Waals surface area contributed by atoms with Crippen molar-refractivity contribution in [2.24, 2.45) is 5.92 Å². The molecular weight excluding hydrogens is 330 g/mol. The first-order valence-electron chi connectivity index (χ1n) is 9.45. The molecule has 2 amide bonds. The van der Waals surface area contributed by atoms with Crippen molar-refractivity contribution < 1.29 is 14.3 Å². The number of carbonyl (C=O) groups excluding carboxylic acids is 2. The highest BCUT2D eigenvalue weighted by molar-refractivity contribution is 5.84. The summed E-state index contributed by atoms with van der Waals surface area (Å²) in [6.07, 6.45) is 1.96. The molecule has 0 spiro atoms. The first kappa shape index (κ1) is 18.7. The molecule has 2 fully saturated rings. The van der Waals surface area contributed by atoms with E-state index in [-0.39, 0.29) is 17.7 Å². The minimum absolute atomic E-state index is 0.0491. The second kappa shape index (κ2) is 8.54. The van der Waals surface area contributed by atoms with Gasteiger partial charge in [0, 0.05) is 45.7 Å². The van der Waals surface area contributed by atoms with Crippen molar-refractivity contribution in [3.63, 3.8) is 0 Å². The second-order valence-corrected chi connectivity index (χ2v) is 7.30. The molecule has 1 atom stereocenters. The summed E-state index contributed by atoms with van der Waals surface area (Å²) >= 11 is 0. The van der Waals surface area contributed by atoms with Gasteiger partial charge in [-0.15, -0.1) is 0 Å². The number of hydrogen-bond acceptors (Lipinski definition) is 4. The van der Waals surface area contributed by atoms with E-state index < -0.39 is 0 Å². The molecule has 142 valence electrons. The molecule has 0 bridgehead atoms. The highest BCUT2D eigenvalue weighted by Crippen LogP contribution is 2.21. The van der Waals surface area contributed by atoms with Gasteiger partial charge < -0.3 is 19.4 Å². The van der Waals surface area contributed by atoms with Gasteiger partial charge in [0.1, 0.15) is 5.75 Å². The third-order valence-corrected chi connectivity index (χ3v) is 5.49. The predicted octanol–water partition coefficient (Wildman–Crippen LogP) is 1.25. The van der Waals surface area contributed by atoms with E-state index in [0.717, 1.165) is 38.3 Å². The topological polar surface area (TPSA) is 53.1 Å². The maximum absolute atomic E-state index is 12.8. The van der Waals surface area contributed by atoms with Crippen LogP contribution in [0, 0.1) is 5.92 Å². The third kappa shape index (κ3) is 4.55. The van der Waals surface area contributed by atoms with Gasteiger partial charge >= 0.3 is 0 Å². The number of piperidine rings is 1. The number of methoxy groups -OCH3 is 1. The number of hydrogen-bond donors (Lipinski definition) is 0. The average molecular weight is 359 g/mol. The van der Waals surface area contributed by atoms with Crippen molar-refractivity contribution in [2.45, 2.75) is 19.3 Å². The largest absolute Gasteiger partial charge is 0.497 e. The fourth-order valence-corrected chi connectivity index (χ4v) is 3.67. The molecule has 2 saturated heterocycles. The van der Waals surface area contributed by atoms with Crippen LogP contribution in [-0.4, -0.2) is 79.9 Å². The minimum atomic E-state index is -0.0491. The normalized spacial score (nSPS) is 21.8. The van der Waals surface area contributed by atoms with Crippen LogP contribution in [0.1, 0.15) is 18.4 Å². The van der Waals surface area contributed by atoms with Crippen LogP contribution in [0.15, 0.2) is 24.3 Å². The number of rotatable bonds is 5. The van der Waals surface area contributed by atoms with E-state index in [4.69, 9.17) is 4.74 Å². The Morgan fingerprint density at radius 1 is 1.15 bits per heavy atom. The summed E-state index contributed by atoms with van der Waals surface area (Å²) in [5.41, 5.74) is 1.17. The van der Waals surface area contributed by atoms with E-state index in [1.165, 1.54) is 5.56 Å². The number of nitrogens with zero attached hydrogens (tertiary/aromatic N) is 3. The molecule has 1 aromatic rings. The summed E-state index contributed by atoms with van der Waals surface area (Å²) in [6, 6.07) is 7.93. The Hall–Kier alpha value is -2.08. The van der Waals surface area contributed by atoms with Crippen LogP contribution in [0.4, 0.5) is 0 Å². The van der Waals surface area contributed by atoms with Crippen molar-refractivity contribution in [3.05, 3.63) is 29.8 Å². The molecule has 0 aromatic heterocycles. The van der Waals surface area contributed by atoms with Crippen LogP contribution >= 0.6 is 0 Å².